The van der Waals surface area contributed by atoms with E-state index in [4.69, 9.17) is 5.11 Å². The lowest BCUT2D eigenvalue weighted by molar-refractivity contribution is 0.0694. The van der Waals surface area contributed by atoms with Crippen molar-refractivity contribution in [2.24, 2.45) is 0 Å². The highest BCUT2D eigenvalue weighted by molar-refractivity contribution is 5.91. The average molecular weight is 362 g/mol. The van der Waals surface area contributed by atoms with Crippen molar-refractivity contribution in [3.8, 4) is 16.9 Å². The molecule has 0 saturated carbocycles. The van der Waals surface area contributed by atoms with E-state index < -0.39 is 5.97 Å². The molecule has 0 amide bonds. The summed E-state index contributed by atoms with van der Waals surface area (Å²) in [7, 11) is 0. The minimum absolute atomic E-state index is 0.101. The smallest absolute Gasteiger partial charge is 0.339 e. The van der Waals surface area contributed by atoms with Crippen LogP contribution in [0.15, 0.2) is 60.9 Å². The predicted octanol–water partition coefficient (Wildman–Crippen LogP) is 5.19. The van der Waals surface area contributed by atoms with Crippen LogP contribution in [0.5, 0.6) is 5.75 Å². The van der Waals surface area contributed by atoms with Crippen molar-refractivity contribution in [1.29, 1.82) is 0 Å². The predicted molar refractivity (Wildman–Crippen MR) is 107 cm³/mol. The lowest BCUT2D eigenvalue weighted by atomic mass is 9.87. The Bertz CT molecular complexity index is 974. The maximum atomic E-state index is 11.0. The molecule has 0 aliphatic rings. The molecule has 0 bridgehead atoms. The zero-order valence-electron chi connectivity index (χ0n) is 15.5. The number of hydrogen-bond donors (Lipinski definition) is 3. The SMILES string of the molecule is CC(C)(C)c1ccc(Nc2cncc(-c3ccc(C(=O)O)c(O)c3)c2)cc1. The summed E-state index contributed by atoms with van der Waals surface area (Å²) in [6.07, 6.45) is 3.38. The van der Waals surface area contributed by atoms with Gasteiger partial charge in [-0.15, -0.1) is 0 Å². The first-order valence-electron chi connectivity index (χ1n) is 8.63. The van der Waals surface area contributed by atoms with Gasteiger partial charge in [0.25, 0.3) is 0 Å². The molecule has 3 N–H and O–H groups in total. The lowest BCUT2D eigenvalue weighted by Crippen LogP contribution is -2.10. The van der Waals surface area contributed by atoms with Gasteiger partial charge >= 0.3 is 5.97 Å². The molecule has 138 valence electrons. The van der Waals surface area contributed by atoms with E-state index >= 15 is 0 Å². The van der Waals surface area contributed by atoms with Crippen molar-refractivity contribution in [3.05, 3.63) is 72.1 Å². The van der Waals surface area contributed by atoms with E-state index in [0.717, 1.165) is 16.9 Å². The summed E-state index contributed by atoms with van der Waals surface area (Å²) in [5.41, 5.74) is 4.46. The monoisotopic (exact) mass is 362 g/mol. The second-order valence-corrected chi connectivity index (χ2v) is 7.45. The highest BCUT2D eigenvalue weighted by Crippen LogP contribution is 2.29. The first-order chi connectivity index (χ1) is 12.7. The minimum Gasteiger partial charge on any atom is -0.507 e. The maximum absolute atomic E-state index is 11.0. The van der Waals surface area contributed by atoms with Crippen molar-refractivity contribution in [3.63, 3.8) is 0 Å². The minimum atomic E-state index is -1.16. The maximum Gasteiger partial charge on any atom is 0.339 e. The van der Waals surface area contributed by atoms with E-state index in [1.807, 2.05) is 18.2 Å². The zero-order valence-corrected chi connectivity index (χ0v) is 15.5. The van der Waals surface area contributed by atoms with Crippen LogP contribution in [0.2, 0.25) is 0 Å². The number of carboxylic acid groups (broad SMARTS) is 1. The number of carboxylic acids is 1. The Morgan fingerprint density at radius 3 is 2.22 bits per heavy atom. The van der Waals surface area contributed by atoms with Crippen LogP contribution < -0.4 is 5.32 Å². The Morgan fingerprint density at radius 2 is 1.63 bits per heavy atom. The number of nitrogens with zero attached hydrogens (tertiary/aromatic N) is 1. The van der Waals surface area contributed by atoms with Gasteiger partial charge in [0.2, 0.25) is 0 Å². The third kappa shape index (κ3) is 4.26. The molecule has 3 aromatic rings. The van der Waals surface area contributed by atoms with E-state index in [-0.39, 0.29) is 16.7 Å². The van der Waals surface area contributed by atoms with E-state index in [1.165, 1.54) is 17.7 Å². The highest BCUT2D eigenvalue weighted by Gasteiger charge is 2.13. The number of carbonyl (C=O) groups is 1. The van der Waals surface area contributed by atoms with Gasteiger partial charge in [0.15, 0.2) is 0 Å². The van der Waals surface area contributed by atoms with E-state index in [1.54, 1.807) is 18.5 Å². The topological polar surface area (TPSA) is 82.5 Å². The number of aromatic carboxylic acids is 1. The van der Waals surface area contributed by atoms with Crippen LogP contribution in [0.25, 0.3) is 11.1 Å². The van der Waals surface area contributed by atoms with E-state index in [2.05, 4.69) is 43.2 Å². The lowest BCUT2D eigenvalue weighted by Gasteiger charge is -2.19. The second kappa shape index (κ2) is 7.11. The van der Waals surface area contributed by atoms with Crippen LogP contribution in [-0.2, 0) is 5.41 Å². The average Bonchev–Trinajstić information content (AvgIpc) is 2.61. The number of benzene rings is 2. The van der Waals surface area contributed by atoms with Gasteiger partial charge in [0.05, 0.1) is 11.9 Å². The van der Waals surface area contributed by atoms with Crippen LogP contribution in [-0.4, -0.2) is 21.2 Å². The number of phenols is 1. The molecule has 0 aliphatic heterocycles. The van der Waals surface area contributed by atoms with Gasteiger partial charge in [0, 0.05) is 17.4 Å². The van der Waals surface area contributed by atoms with Crippen LogP contribution >= 0.6 is 0 Å². The molecule has 3 rings (SSSR count). The summed E-state index contributed by atoms with van der Waals surface area (Å²) in [4.78, 5) is 15.3. The number of nitrogens with one attached hydrogen (secondary N) is 1. The van der Waals surface area contributed by atoms with Crippen LogP contribution in [0, 0.1) is 0 Å². The first kappa shape index (κ1) is 18.5. The van der Waals surface area contributed by atoms with Crippen LogP contribution in [0.3, 0.4) is 0 Å². The molecule has 5 nitrogen and oxygen atoms in total. The summed E-state index contributed by atoms with van der Waals surface area (Å²) in [6.45, 7) is 6.52. The quantitative estimate of drug-likeness (QED) is 0.595. The Kier molecular flexibility index (Phi) is 4.86. The van der Waals surface area contributed by atoms with Gasteiger partial charge < -0.3 is 15.5 Å². The number of aromatic hydroxyl groups is 1. The molecule has 0 saturated heterocycles. The van der Waals surface area contributed by atoms with Gasteiger partial charge in [0.1, 0.15) is 11.3 Å². The number of hydrogen-bond acceptors (Lipinski definition) is 4. The molecule has 0 radical (unpaired) electrons. The van der Waals surface area contributed by atoms with Crippen LogP contribution in [0.4, 0.5) is 11.4 Å². The zero-order chi connectivity index (χ0) is 19.6. The van der Waals surface area contributed by atoms with Crippen molar-refractivity contribution in [2.45, 2.75) is 26.2 Å². The fraction of sp³-hybridized carbons (Fsp3) is 0.182. The summed E-state index contributed by atoms with van der Waals surface area (Å²) in [5, 5.41) is 22.2. The van der Waals surface area contributed by atoms with Crippen LogP contribution in [0.1, 0.15) is 36.7 Å². The van der Waals surface area contributed by atoms with Crippen molar-refractivity contribution >= 4 is 17.3 Å². The molecule has 0 aliphatic carbocycles. The third-order valence-corrected chi connectivity index (χ3v) is 4.34. The summed E-state index contributed by atoms with van der Waals surface area (Å²) in [5.74, 6) is -1.43. The molecule has 2 aromatic carbocycles. The Morgan fingerprint density at radius 1 is 0.926 bits per heavy atom. The molecule has 0 spiro atoms. The molecule has 5 heteroatoms. The molecule has 1 heterocycles. The van der Waals surface area contributed by atoms with E-state index in [9.17, 15) is 9.90 Å². The first-order valence-corrected chi connectivity index (χ1v) is 8.63. The molecule has 0 unspecified atom stereocenters. The van der Waals surface area contributed by atoms with Gasteiger partial charge in [-0.05, 0) is 46.9 Å². The van der Waals surface area contributed by atoms with Gasteiger partial charge in [-0.1, -0.05) is 39.0 Å². The third-order valence-electron chi connectivity index (χ3n) is 4.34. The fourth-order valence-corrected chi connectivity index (χ4v) is 2.78. The number of rotatable bonds is 4. The summed E-state index contributed by atoms with van der Waals surface area (Å²) >= 11 is 0. The molecular formula is C22H22N2O3. The van der Waals surface area contributed by atoms with Crippen molar-refractivity contribution in [1.82, 2.24) is 4.98 Å². The molecule has 0 atom stereocenters. The molecule has 0 fully saturated rings. The normalized spacial score (nSPS) is 11.2. The Balaban J connectivity index is 1.84. The van der Waals surface area contributed by atoms with E-state index in [0.29, 0.717) is 5.56 Å². The largest absolute Gasteiger partial charge is 0.507 e. The van der Waals surface area contributed by atoms with Gasteiger partial charge in [-0.25, -0.2) is 4.79 Å². The van der Waals surface area contributed by atoms with Crippen molar-refractivity contribution < 1.29 is 15.0 Å². The van der Waals surface area contributed by atoms with Gasteiger partial charge in [-0.3, -0.25) is 4.98 Å². The Hall–Kier alpha value is -3.34. The highest BCUT2D eigenvalue weighted by atomic mass is 16.4. The van der Waals surface area contributed by atoms with Gasteiger partial charge in [-0.2, -0.15) is 0 Å². The molecular weight excluding hydrogens is 340 g/mol. The molecule has 1 aromatic heterocycles. The van der Waals surface area contributed by atoms with Crippen molar-refractivity contribution in [2.75, 3.05) is 5.32 Å². The summed E-state index contributed by atoms with van der Waals surface area (Å²) < 4.78 is 0. The fourth-order valence-electron chi connectivity index (χ4n) is 2.78. The Labute approximate surface area is 158 Å². The number of aromatic nitrogens is 1. The molecule has 27 heavy (non-hydrogen) atoms. The standard InChI is InChI=1S/C22H22N2O3/c1-22(2,3)16-5-7-17(8-6-16)24-18-10-15(12-23-13-18)14-4-9-19(21(26)27)20(25)11-14/h4-13,24-25H,1-3H3,(H,26,27). The summed E-state index contributed by atoms with van der Waals surface area (Å²) in [6, 6.07) is 14.6. The second-order valence-electron chi connectivity index (χ2n) is 7.45. The number of anilines is 2. The number of pyridine rings is 1.